The Labute approximate surface area is 148 Å². The van der Waals surface area contributed by atoms with E-state index in [0.29, 0.717) is 27.3 Å². The van der Waals surface area contributed by atoms with E-state index in [1.54, 1.807) is 36.4 Å². The van der Waals surface area contributed by atoms with Crippen molar-refractivity contribution in [1.82, 2.24) is 15.5 Å². The lowest BCUT2D eigenvalue weighted by Gasteiger charge is -2.05. The molecule has 122 valence electrons. The van der Waals surface area contributed by atoms with Crippen LogP contribution in [-0.4, -0.2) is 16.0 Å². The second-order valence-electron chi connectivity index (χ2n) is 5.18. The summed E-state index contributed by atoms with van der Waals surface area (Å²) in [4.78, 5) is 16.4. The average molecular weight is 362 g/mol. The highest BCUT2D eigenvalue weighted by molar-refractivity contribution is 6.33. The standard InChI is InChI=1S/C17H13Cl2N3O2/c1-10-2-7-13(14(19)8-10)17(23)20-9-15-21-16(22-24-15)11-3-5-12(18)6-4-11/h2-8H,9H2,1H3,(H,20,23). The zero-order valence-electron chi connectivity index (χ0n) is 12.7. The molecule has 5 nitrogen and oxygen atoms in total. The number of nitrogens with one attached hydrogen (secondary N) is 1. The van der Waals surface area contributed by atoms with Crippen molar-refractivity contribution >= 4 is 29.1 Å². The highest BCUT2D eigenvalue weighted by Gasteiger charge is 2.13. The van der Waals surface area contributed by atoms with Crippen LogP contribution < -0.4 is 5.32 Å². The van der Waals surface area contributed by atoms with Crippen molar-refractivity contribution in [3.63, 3.8) is 0 Å². The Bertz CT molecular complexity index is 876. The summed E-state index contributed by atoms with van der Waals surface area (Å²) in [6, 6.07) is 12.3. The predicted octanol–water partition coefficient (Wildman–Crippen LogP) is 4.28. The first-order chi connectivity index (χ1) is 11.5. The lowest BCUT2D eigenvalue weighted by atomic mass is 10.1. The summed E-state index contributed by atoms with van der Waals surface area (Å²) in [6.45, 7) is 2.02. The van der Waals surface area contributed by atoms with Gasteiger partial charge in [0.25, 0.3) is 5.91 Å². The van der Waals surface area contributed by atoms with Crippen LogP contribution in [0.2, 0.25) is 10.0 Å². The fourth-order valence-electron chi connectivity index (χ4n) is 2.10. The Morgan fingerprint density at radius 3 is 2.62 bits per heavy atom. The molecule has 0 fully saturated rings. The van der Waals surface area contributed by atoms with E-state index >= 15 is 0 Å². The van der Waals surface area contributed by atoms with Gasteiger partial charge in [-0.25, -0.2) is 0 Å². The molecule has 0 bridgehead atoms. The van der Waals surface area contributed by atoms with Gasteiger partial charge in [-0.1, -0.05) is 34.4 Å². The predicted molar refractivity (Wildman–Crippen MR) is 92.1 cm³/mol. The van der Waals surface area contributed by atoms with Gasteiger partial charge in [0.2, 0.25) is 11.7 Å². The van der Waals surface area contributed by atoms with Crippen molar-refractivity contribution in [2.45, 2.75) is 13.5 Å². The van der Waals surface area contributed by atoms with Crippen LogP contribution in [0, 0.1) is 6.92 Å². The maximum absolute atomic E-state index is 12.2. The Balaban J connectivity index is 1.67. The van der Waals surface area contributed by atoms with Gasteiger partial charge in [0.05, 0.1) is 17.1 Å². The molecule has 0 atom stereocenters. The number of rotatable bonds is 4. The Morgan fingerprint density at radius 2 is 1.92 bits per heavy atom. The lowest BCUT2D eigenvalue weighted by molar-refractivity contribution is 0.0946. The number of nitrogens with zero attached hydrogens (tertiary/aromatic N) is 2. The lowest BCUT2D eigenvalue weighted by Crippen LogP contribution is -2.23. The van der Waals surface area contributed by atoms with Crippen molar-refractivity contribution in [3.8, 4) is 11.4 Å². The maximum Gasteiger partial charge on any atom is 0.253 e. The topological polar surface area (TPSA) is 68.0 Å². The van der Waals surface area contributed by atoms with Crippen molar-refractivity contribution in [3.05, 3.63) is 69.5 Å². The van der Waals surface area contributed by atoms with Gasteiger partial charge in [0.15, 0.2) is 0 Å². The number of aromatic nitrogens is 2. The van der Waals surface area contributed by atoms with E-state index in [0.717, 1.165) is 11.1 Å². The first kappa shape index (κ1) is 16.5. The monoisotopic (exact) mass is 361 g/mol. The normalized spacial score (nSPS) is 10.6. The minimum atomic E-state index is -0.300. The summed E-state index contributed by atoms with van der Waals surface area (Å²) < 4.78 is 5.14. The number of carbonyl (C=O) groups excluding carboxylic acids is 1. The van der Waals surface area contributed by atoms with E-state index in [-0.39, 0.29) is 12.5 Å². The summed E-state index contributed by atoms with van der Waals surface area (Å²) in [5.74, 6) is 0.437. The molecule has 0 saturated carbocycles. The van der Waals surface area contributed by atoms with Crippen LogP contribution in [0.4, 0.5) is 0 Å². The molecule has 7 heteroatoms. The molecule has 3 aromatic rings. The molecule has 0 saturated heterocycles. The number of carbonyl (C=O) groups is 1. The smallest absolute Gasteiger partial charge is 0.253 e. The third-order valence-electron chi connectivity index (χ3n) is 3.34. The van der Waals surface area contributed by atoms with Crippen LogP contribution in [0.3, 0.4) is 0 Å². The number of benzene rings is 2. The van der Waals surface area contributed by atoms with E-state index in [1.807, 2.05) is 13.0 Å². The van der Waals surface area contributed by atoms with E-state index in [9.17, 15) is 4.79 Å². The van der Waals surface area contributed by atoms with Gasteiger partial charge in [0, 0.05) is 10.6 Å². The van der Waals surface area contributed by atoms with Crippen LogP contribution in [0.25, 0.3) is 11.4 Å². The summed E-state index contributed by atoms with van der Waals surface area (Å²) in [5, 5.41) is 7.63. The quantitative estimate of drug-likeness (QED) is 0.752. The van der Waals surface area contributed by atoms with Crippen molar-refractivity contribution in [2.75, 3.05) is 0 Å². The van der Waals surface area contributed by atoms with Gasteiger partial charge >= 0.3 is 0 Å². The molecule has 24 heavy (non-hydrogen) atoms. The number of aryl methyl sites for hydroxylation is 1. The van der Waals surface area contributed by atoms with Gasteiger partial charge in [-0.15, -0.1) is 0 Å². The molecule has 2 aromatic carbocycles. The Hall–Kier alpha value is -2.37. The van der Waals surface area contributed by atoms with E-state index in [1.165, 1.54) is 0 Å². The summed E-state index contributed by atoms with van der Waals surface area (Å²) in [6.07, 6.45) is 0. The fourth-order valence-corrected chi connectivity index (χ4v) is 2.55. The maximum atomic E-state index is 12.2. The summed E-state index contributed by atoms with van der Waals surface area (Å²) in [5.41, 5.74) is 2.17. The molecular weight excluding hydrogens is 349 g/mol. The molecule has 0 aliphatic rings. The Kier molecular flexibility index (Phi) is 4.83. The molecule has 0 radical (unpaired) electrons. The molecular formula is C17H13Cl2N3O2. The highest BCUT2D eigenvalue weighted by atomic mass is 35.5. The van der Waals surface area contributed by atoms with Crippen LogP contribution in [0.1, 0.15) is 21.8 Å². The molecule has 0 unspecified atom stereocenters. The zero-order valence-corrected chi connectivity index (χ0v) is 14.2. The molecule has 1 aromatic heterocycles. The van der Waals surface area contributed by atoms with Crippen molar-refractivity contribution in [2.24, 2.45) is 0 Å². The largest absolute Gasteiger partial charge is 0.343 e. The molecule has 0 aliphatic carbocycles. The molecule has 0 spiro atoms. The second kappa shape index (κ2) is 7.03. The van der Waals surface area contributed by atoms with Gasteiger partial charge in [-0.3, -0.25) is 4.79 Å². The van der Waals surface area contributed by atoms with Gasteiger partial charge in [-0.05, 0) is 48.9 Å². The number of hydrogen-bond donors (Lipinski definition) is 1. The van der Waals surface area contributed by atoms with Crippen LogP contribution in [0.5, 0.6) is 0 Å². The molecule has 0 aliphatic heterocycles. The van der Waals surface area contributed by atoms with E-state index < -0.39 is 0 Å². The number of hydrogen-bond acceptors (Lipinski definition) is 4. The zero-order chi connectivity index (χ0) is 17.1. The molecule has 3 rings (SSSR count). The summed E-state index contributed by atoms with van der Waals surface area (Å²) >= 11 is 11.9. The van der Waals surface area contributed by atoms with Gasteiger partial charge in [-0.2, -0.15) is 4.98 Å². The highest BCUT2D eigenvalue weighted by Crippen LogP contribution is 2.19. The first-order valence-electron chi connectivity index (χ1n) is 7.16. The third-order valence-corrected chi connectivity index (χ3v) is 3.90. The SMILES string of the molecule is Cc1ccc(C(=O)NCc2nc(-c3ccc(Cl)cc3)no2)c(Cl)c1. The number of halogens is 2. The third kappa shape index (κ3) is 3.75. The fraction of sp³-hybridized carbons (Fsp3) is 0.118. The minimum Gasteiger partial charge on any atom is -0.343 e. The average Bonchev–Trinajstić information content (AvgIpc) is 3.02. The first-order valence-corrected chi connectivity index (χ1v) is 7.91. The van der Waals surface area contributed by atoms with Crippen LogP contribution in [-0.2, 0) is 6.54 Å². The minimum absolute atomic E-state index is 0.115. The second-order valence-corrected chi connectivity index (χ2v) is 6.03. The molecule has 1 N–H and O–H groups in total. The van der Waals surface area contributed by atoms with Crippen LogP contribution in [0.15, 0.2) is 47.0 Å². The number of amides is 1. The van der Waals surface area contributed by atoms with Crippen LogP contribution >= 0.6 is 23.2 Å². The van der Waals surface area contributed by atoms with Gasteiger partial charge in [0.1, 0.15) is 0 Å². The van der Waals surface area contributed by atoms with Crippen molar-refractivity contribution in [1.29, 1.82) is 0 Å². The van der Waals surface area contributed by atoms with E-state index in [4.69, 9.17) is 27.7 Å². The Morgan fingerprint density at radius 1 is 1.17 bits per heavy atom. The molecule has 1 amide bonds. The van der Waals surface area contributed by atoms with Crippen molar-refractivity contribution < 1.29 is 9.32 Å². The summed E-state index contributed by atoms with van der Waals surface area (Å²) in [7, 11) is 0. The van der Waals surface area contributed by atoms with Gasteiger partial charge < -0.3 is 9.84 Å². The molecule has 1 heterocycles. The van der Waals surface area contributed by atoms with E-state index in [2.05, 4.69) is 15.5 Å².